The molecule has 3 aromatic rings. The number of hydrogen-bond acceptors (Lipinski definition) is 3. The summed E-state index contributed by atoms with van der Waals surface area (Å²) in [6, 6.07) is 11.9. The number of aryl methyl sites for hydroxylation is 2. The standard InChI is InChI=1S/C21H18Cl2N4O2/c1-11-6-7-15(23)9-16(11)24-18(28)10-17-21(29)25-20-19(12(2)26-27(17)20)13-4-3-5-14(22)8-13/h3-9,17H,10H2,1-2H3,(H,24,28)(H,25,29). The number of carbonyl (C=O) groups excluding carboxylic acids is 2. The molecule has 1 aromatic heterocycles. The molecule has 0 bridgehead atoms. The first-order valence-corrected chi connectivity index (χ1v) is 9.81. The zero-order valence-corrected chi connectivity index (χ0v) is 17.3. The summed E-state index contributed by atoms with van der Waals surface area (Å²) >= 11 is 12.1. The zero-order chi connectivity index (χ0) is 20.7. The van der Waals surface area contributed by atoms with Crippen LogP contribution in [0.15, 0.2) is 42.5 Å². The van der Waals surface area contributed by atoms with Crippen LogP contribution in [0.25, 0.3) is 11.1 Å². The summed E-state index contributed by atoms with van der Waals surface area (Å²) in [7, 11) is 0. The molecule has 1 atom stereocenters. The Kier molecular flexibility index (Phi) is 5.06. The molecule has 6 nitrogen and oxygen atoms in total. The van der Waals surface area contributed by atoms with Crippen LogP contribution in [-0.4, -0.2) is 21.6 Å². The quantitative estimate of drug-likeness (QED) is 0.613. The van der Waals surface area contributed by atoms with Gasteiger partial charge in [-0.1, -0.05) is 41.4 Å². The molecule has 2 amide bonds. The second kappa shape index (κ2) is 7.54. The van der Waals surface area contributed by atoms with Gasteiger partial charge in [0.1, 0.15) is 11.9 Å². The molecule has 2 N–H and O–H groups in total. The van der Waals surface area contributed by atoms with Crippen LogP contribution in [0.4, 0.5) is 11.5 Å². The molecule has 2 heterocycles. The van der Waals surface area contributed by atoms with Gasteiger partial charge in [-0.15, -0.1) is 0 Å². The van der Waals surface area contributed by atoms with Gasteiger partial charge >= 0.3 is 0 Å². The van der Waals surface area contributed by atoms with Crippen molar-refractivity contribution in [2.75, 3.05) is 10.6 Å². The predicted octanol–water partition coefficient (Wildman–Crippen LogP) is 5.00. The molecule has 4 rings (SSSR count). The molecule has 0 saturated heterocycles. The first kappa shape index (κ1) is 19.5. The van der Waals surface area contributed by atoms with Crippen LogP contribution in [0.3, 0.4) is 0 Å². The van der Waals surface area contributed by atoms with E-state index < -0.39 is 6.04 Å². The normalized spacial score (nSPS) is 15.2. The molecule has 1 aliphatic rings. The van der Waals surface area contributed by atoms with Crippen molar-refractivity contribution in [3.05, 3.63) is 63.8 Å². The lowest BCUT2D eigenvalue weighted by Gasteiger charge is -2.12. The average Bonchev–Trinajstić information content (AvgIpc) is 3.12. The van der Waals surface area contributed by atoms with Crippen molar-refractivity contribution in [2.24, 2.45) is 0 Å². The van der Waals surface area contributed by atoms with Gasteiger partial charge < -0.3 is 10.6 Å². The van der Waals surface area contributed by atoms with E-state index in [9.17, 15) is 9.59 Å². The third-order valence-electron chi connectivity index (χ3n) is 4.89. The Labute approximate surface area is 177 Å². The van der Waals surface area contributed by atoms with E-state index in [4.69, 9.17) is 23.2 Å². The summed E-state index contributed by atoms with van der Waals surface area (Å²) in [6.45, 7) is 3.74. The van der Waals surface area contributed by atoms with Gasteiger partial charge in [-0.25, -0.2) is 4.68 Å². The fourth-order valence-electron chi connectivity index (χ4n) is 3.48. The molecular weight excluding hydrogens is 411 g/mol. The molecule has 1 unspecified atom stereocenters. The van der Waals surface area contributed by atoms with Gasteiger partial charge in [-0.2, -0.15) is 5.10 Å². The minimum atomic E-state index is -0.726. The Bertz CT molecular complexity index is 1140. The average molecular weight is 429 g/mol. The van der Waals surface area contributed by atoms with Crippen LogP contribution < -0.4 is 10.6 Å². The van der Waals surface area contributed by atoms with Gasteiger partial charge in [0, 0.05) is 21.3 Å². The Morgan fingerprint density at radius 2 is 1.93 bits per heavy atom. The number of halogens is 2. The van der Waals surface area contributed by atoms with Crippen LogP contribution >= 0.6 is 23.2 Å². The second-order valence-corrected chi connectivity index (χ2v) is 7.85. The van der Waals surface area contributed by atoms with E-state index >= 15 is 0 Å². The maximum absolute atomic E-state index is 12.6. The number of amides is 2. The molecular formula is C21H18Cl2N4O2. The van der Waals surface area contributed by atoms with Crippen LogP contribution in [0, 0.1) is 13.8 Å². The molecule has 8 heteroatoms. The fourth-order valence-corrected chi connectivity index (χ4v) is 3.84. The summed E-state index contributed by atoms with van der Waals surface area (Å²) < 4.78 is 1.58. The number of carbonyl (C=O) groups is 2. The molecule has 148 valence electrons. The van der Waals surface area contributed by atoms with Crippen molar-refractivity contribution >= 4 is 46.5 Å². The molecule has 0 spiro atoms. The van der Waals surface area contributed by atoms with Crippen molar-refractivity contribution in [3.63, 3.8) is 0 Å². The summed E-state index contributed by atoms with van der Waals surface area (Å²) in [4.78, 5) is 25.2. The highest BCUT2D eigenvalue weighted by Crippen LogP contribution is 2.39. The SMILES string of the molecule is Cc1ccc(Cl)cc1NC(=O)CC1C(=O)Nc2c(-c3cccc(Cl)c3)c(C)nn21. The van der Waals surface area contributed by atoms with Crippen molar-refractivity contribution in [1.82, 2.24) is 9.78 Å². The lowest BCUT2D eigenvalue weighted by atomic mass is 10.1. The number of benzene rings is 2. The van der Waals surface area contributed by atoms with Gasteiger partial charge in [0.2, 0.25) is 5.91 Å². The number of nitrogens with one attached hydrogen (secondary N) is 2. The van der Waals surface area contributed by atoms with Gasteiger partial charge in [0.25, 0.3) is 5.91 Å². The predicted molar refractivity (Wildman–Crippen MR) is 115 cm³/mol. The minimum Gasteiger partial charge on any atom is -0.326 e. The van der Waals surface area contributed by atoms with Crippen LogP contribution in [0.2, 0.25) is 10.0 Å². The summed E-state index contributed by atoms with van der Waals surface area (Å²) in [5.74, 6) is 0.0149. The first-order valence-electron chi connectivity index (χ1n) is 9.05. The van der Waals surface area contributed by atoms with Crippen LogP contribution in [0.5, 0.6) is 0 Å². The number of anilines is 2. The maximum Gasteiger partial charge on any atom is 0.251 e. The van der Waals surface area contributed by atoms with E-state index in [0.717, 1.165) is 22.4 Å². The molecule has 0 radical (unpaired) electrons. The lowest BCUT2D eigenvalue weighted by Crippen LogP contribution is -2.24. The summed E-state index contributed by atoms with van der Waals surface area (Å²) in [5, 5.41) is 11.3. The number of fused-ring (bicyclic) bond motifs is 1. The molecule has 1 aliphatic heterocycles. The highest BCUT2D eigenvalue weighted by Gasteiger charge is 2.36. The maximum atomic E-state index is 12.6. The number of hydrogen-bond donors (Lipinski definition) is 2. The molecule has 2 aromatic carbocycles. The third-order valence-corrected chi connectivity index (χ3v) is 5.36. The van der Waals surface area contributed by atoms with E-state index in [0.29, 0.717) is 21.6 Å². The van der Waals surface area contributed by atoms with Crippen molar-refractivity contribution < 1.29 is 9.59 Å². The summed E-state index contributed by atoms with van der Waals surface area (Å²) in [5.41, 5.74) is 3.92. The Balaban J connectivity index is 1.60. The van der Waals surface area contributed by atoms with E-state index in [1.54, 1.807) is 22.9 Å². The second-order valence-electron chi connectivity index (χ2n) is 6.98. The Morgan fingerprint density at radius 1 is 1.17 bits per heavy atom. The van der Waals surface area contributed by atoms with E-state index in [1.165, 1.54) is 0 Å². The number of nitrogens with zero attached hydrogens (tertiary/aromatic N) is 2. The van der Waals surface area contributed by atoms with Gasteiger partial charge in [0.15, 0.2) is 0 Å². The van der Waals surface area contributed by atoms with Crippen molar-refractivity contribution in [2.45, 2.75) is 26.3 Å². The zero-order valence-electron chi connectivity index (χ0n) is 15.8. The molecule has 0 fully saturated rings. The van der Waals surface area contributed by atoms with E-state index in [2.05, 4.69) is 15.7 Å². The number of rotatable bonds is 4. The molecule has 29 heavy (non-hydrogen) atoms. The van der Waals surface area contributed by atoms with E-state index in [1.807, 2.05) is 38.1 Å². The Morgan fingerprint density at radius 3 is 2.69 bits per heavy atom. The third kappa shape index (κ3) is 3.73. The van der Waals surface area contributed by atoms with Crippen molar-refractivity contribution in [3.8, 4) is 11.1 Å². The highest BCUT2D eigenvalue weighted by atomic mass is 35.5. The lowest BCUT2D eigenvalue weighted by molar-refractivity contribution is -0.123. The van der Waals surface area contributed by atoms with Crippen molar-refractivity contribution in [1.29, 1.82) is 0 Å². The first-order chi connectivity index (χ1) is 13.8. The fraction of sp³-hybridized carbons (Fsp3) is 0.190. The van der Waals surface area contributed by atoms with Crippen LogP contribution in [0.1, 0.15) is 23.7 Å². The smallest absolute Gasteiger partial charge is 0.251 e. The molecule has 0 aliphatic carbocycles. The minimum absolute atomic E-state index is 0.0408. The highest BCUT2D eigenvalue weighted by molar-refractivity contribution is 6.31. The van der Waals surface area contributed by atoms with Gasteiger partial charge in [-0.3, -0.25) is 9.59 Å². The van der Waals surface area contributed by atoms with Crippen LogP contribution in [-0.2, 0) is 9.59 Å². The number of aromatic nitrogens is 2. The monoisotopic (exact) mass is 428 g/mol. The van der Waals surface area contributed by atoms with Gasteiger partial charge in [0.05, 0.1) is 12.1 Å². The largest absolute Gasteiger partial charge is 0.326 e. The molecule has 0 saturated carbocycles. The summed E-state index contributed by atoms with van der Waals surface area (Å²) in [6.07, 6.45) is -0.0408. The van der Waals surface area contributed by atoms with E-state index in [-0.39, 0.29) is 18.2 Å². The topological polar surface area (TPSA) is 76.0 Å². The Hall–Kier alpha value is -2.83. The van der Waals surface area contributed by atoms with Gasteiger partial charge in [-0.05, 0) is 49.2 Å².